The van der Waals surface area contributed by atoms with Crippen LogP contribution in [0, 0.1) is 11.7 Å². The highest BCUT2D eigenvalue weighted by Crippen LogP contribution is 2.39. The lowest BCUT2D eigenvalue weighted by Gasteiger charge is -2.34. The number of carbonyl (C=O) groups is 1. The van der Waals surface area contributed by atoms with Crippen molar-refractivity contribution in [3.63, 3.8) is 0 Å². The standard InChI is InChI=1S/C18H18FNOS.ClH/c19-15-4-2-1-3-14(15)17(18(21)12-5-6-12)20-9-7-16-13(11-20)8-10-22-16;/h1-4,8,10,12,17H,5-7,9,11H2;1H. The first-order valence-corrected chi connectivity index (χ1v) is 8.69. The van der Waals surface area contributed by atoms with E-state index in [9.17, 15) is 9.18 Å². The van der Waals surface area contributed by atoms with E-state index < -0.39 is 6.04 Å². The molecule has 0 radical (unpaired) electrons. The fraction of sp³-hybridized carbons (Fsp3) is 0.389. The highest BCUT2D eigenvalue weighted by molar-refractivity contribution is 7.10. The zero-order chi connectivity index (χ0) is 15.1. The second kappa shape index (κ2) is 6.71. The van der Waals surface area contributed by atoms with Crippen LogP contribution in [0.4, 0.5) is 4.39 Å². The monoisotopic (exact) mass is 351 g/mol. The van der Waals surface area contributed by atoms with E-state index in [1.807, 2.05) is 6.07 Å². The molecule has 1 aromatic heterocycles. The van der Waals surface area contributed by atoms with Gasteiger partial charge in [-0.15, -0.1) is 23.7 Å². The minimum Gasteiger partial charge on any atom is -0.297 e. The Morgan fingerprint density at radius 3 is 2.78 bits per heavy atom. The van der Waals surface area contributed by atoms with E-state index in [1.54, 1.807) is 23.5 Å². The minimum atomic E-state index is -0.429. The number of benzene rings is 1. The molecule has 2 aliphatic rings. The Bertz CT molecular complexity index is 713. The quantitative estimate of drug-likeness (QED) is 0.814. The number of fused-ring (bicyclic) bond motifs is 1. The molecule has 1 saturated carbocycles. The highest BCUT2D eigenvalue weighted by atomic mass is 35.5. The Morgan fingerprint density at radius 1 is 1.26 bits per heavy atom. The van der Waals surface area contributed by atoms with Crippen LogP contribution in [-0.2, 0) is 17.8 Å². The van der Waals surface area contributed by atoms with E-state index in [1.165, 1.54) is 16.5 Å². The van der Waals surface area contributed by atoms with Crippen molar-refractivity contribution in [2.45, 2.75) is 31.8 Å². The second-order valence-electron chi connectivity index (χ2n) is 6.19. The normalized spacial score (nSPS) is 18.8. The smallest absolute Gasteiger partial charge is 0.157 e. The fourth-order valence-electron chi connectivity index (χ4n) is 3.31. The molecule has 2 aromatic rings. The molecule has 1 fully saturated rings. The van der Waals surface area contributed by atoms with Gasteiger partial charge in [-0.25, -0.2) is 4.39 Å². The number of halogens is 2. The van der Waals surface area contributed by atoms with Gasteiger partial charge in [0.2, 0.25) is 0 Å². The number of rotatable bonds is 4. The summed E-state index contributed by atoms with van der Waals surface area (Å²) in [7, 11) is 0. The summed E-state index contributed by atoms with van der Waals surface area (Å²) in [4.78, 5) is 16.4. The lowest BCUT2D eigenvalue weighted by atomic mass is 9.95. The molecule has 1 aromatic carbocycles. The third-order valence-electron chi connectivity index (χ3n) is 4.65. The molecule has 1 atom stereocenters. The molecule has 0 bridgehead atoms. The molecule has 4 rings (SSSR count). The second-order valence-corrected chi connectivity index (χ2v) is 7.19. The largest absolute Gasteiger partial charge is 0.297 e. The van der Waals surface area contributed by atoms with Crippen LogP contribution < -0.4 is 0 Å². The van der Waals surface area contributed by atoms with Crippen molar-refractivity contribution in [3.05, 3.63) is 57.5 Å². The summed E-state index contributed by atoms with van der Waals surface area (Å²) in [5.74, 6) is 0.0647. The van der Waals surface area contributed by atoms with Crippen molar-refractivity contribution in [1.82, 2.24) is 4.90 Å². The summed E-state index contributed by atoms with van der Waals surface area (Å²) < 4.78 is 14.3. The number of thiophene rings is 1. The van der Waals surface area contributed by atoms with Crippen molar-refractivity contribution in [2.24, 2.45) is 5.92 Å². The third kappa shape index (κ3) is 3.21. The summed E-state index contributed by atoms with van der Waals surface area (Å²) in [6, 6.07) is 8.44. The van der Waals surface area contributed by atoms with E-state index >= 15 is 0 Å². The van der Waals surface area contributed by atoms with Crippen LogP contribution in [0.3, 0.4) is 0 Å². The summed E-state index contributed by atoms with van der Waals surface area (Å²) in [5.41, 5.74) is 1.83. The molecule has 1 aliphatic carbocycles. The number of carbonyl (C=O) groups excluding carboxylic acids is 1. The topological polar surface area (TPSA) is 20.3 Å². The van der Waals surface area contributed by atoms with Crippen molar-refractivity contribution < 1.29 is 9.18 Å². The van der Waals surface area contributed by atoms with Crippen LogP contribution in [0.2, 0.25) is 0 Å². The molecule has 0 spiro atoms. The van der Waals surface area contributed by atoms with E-state index in [0.29, 0.717) is 5.56 Å². The average Bonchev–Trinajstić information content (AvgIpc) is 3.27. The first-order valence-electron chi connectivity index (χ1n) is 7.81. The van der Waals surface area contributed by atoms with Gasteiger partial charge in [-0.1, -0.05) is 18.2 Å². The Morgan fingerprint density at radius 2 is 2.04 bits per heavy atom. The van der Waals surface area contributed by atoms with Gasteiger partial charge in [-0.3, -0.25) is 9.69 Å². The Hall–Kier alpha value is -1.23. The number of hydrogen-bond acceptors (Lipinski definition) is 3. The molecule has 1 unspecified atom stereocenters. The summed E-state index contributed by atoms with van der Waals surface area (Å²) in [6.07, 6.45) is 2.87. The predicted octanol–water partition coefficient (Wildman–Crippen LogP) is 4.39. The van der Waals surface area contributed by atoms with Crippen LogP contribution >= 0.6 is 23.7 Å². The maximum absolute atomic E-state index is 14.3. The number of Topliss-reactive ketones (excluding diaryl/α,β-unsaturated/α-hetero) is 1. The van der Waals surface area contributed by atoms with Gasteiger partial charge >= 0.3 is 0 Å². The zero-order valence-electron chi connectivity index (χ0n) is 12.7. The van der Waals surface area contributed by atoms with Crippen LogP contribution in [-0.4, -0.2) is 17.2 Å². The van der Waals surface area contributed by atoms with Gasteiger partial charge in [-0.2, -0.15) is 0 Å². The van der Waals surface area contributed by atoms with Crippen LogP contribution in [0.25, 0.3) is 0 Å². The molecule has 122 valence electrons. The predicted molar refractivity (Wildman–Crippen MR) is 92.6 cm³/mol. The third-order valence-corrected chi connectivity index (χ3v) is 5.67. The molecule has 2 nitrogen and oxygen atoms in total. The molecule has 0 amide bonds. The molecule has 5 heteroatoms. The molecule has 0 saturated heterocycles. The summed E-state index contributed by atoms with van der Waals surface area (Å²) >= 11 is 1.78. The van der Waals surface area contributed by atoms with Gasteiger partial charge in [0.1, 0.15) is 5.82 Å². The first kappa shape index (κ1) is 16.6. The van der Waals surface area contributed by atoms with E-state index in [2.05, 4.69) is 16.3 Å². The van der Waals surface area contributed by atoms with E-state index in [4.69, 9.17) is 0 Å². The van der Waals surface area contributed by atoms with Crippen molar-refractivity contribution in [1.29, 1.82) is 0 Å². The SMILES string of the molecule is Cl.O=C(C1CC1)C(c1ccccc1F)N1CCc2sccc2C1. The average molecular weight is 352 g/mol. The number of nitrogens with zero attached hydrogens (tertiary/aromatic N) is 1. The summed E-state index contributed by atoms with van der Waals surface area (Å²) in [6.45, 7) is 1.57. The Balaban J connectivity index is 0.00000156. The van der Waals surface area contributed by atoms with Gasteiger partial charge in [0, 0.05) is 29.4 Å². The minimum absolute atomic E-state index is 0. The van der Waals surface area contributed by atoms with Crippen LogP contribution in [0.1, 0.15) is 34.9 Å². The zero-order valence-corrected chi connectivity index (χ0v) is 14.3. The molecule has 2 heterocycles. The van der Waals surface area contributed by atoms with Crippen LogP contribution in [0.15, 0.2) is 35.7 Å². The van der Waals surface area contributed by atoms with Gasteiger partial charge in [0.05, 0.1) is 6.04 Å². The van der Waals surface area contributed by atoms with Crippen LogP contribution in [0.5, 0.6) is 0 Å². The molecule has 0 N–H and O–H groups in total. The van der Waals surface area contributed by atoms with E-state index in [0.717, 1.165) is 32.4 Å². The van der Waals surface area contributed by atoms with Gasteiger partial charge in [0.25, 0.3) is 0 Å². The Labute approximate surface area is 145 Å². The molecular weight excluding hydrogens is 333 g/mol. The summed E-state index contributed by atoms with van der Waals surface area (Å²) in [5, 5.41) is 2.11. The van der Waals surface area contributed by atoms with Gasteiger partial charge in [-0.05, 0) is 42.3 Å². The highest BCUT2D eigenvalue weighted by Gasteiger charge is 2.40. The Kier molecular flexibility index (Phi) is 4.85. The maximum Gasteiger partial charge on any atom is 0.157 e. The first-order chi connectivity index (χ1) is 10.7. The van der Waals surface area contributed by atoms with Crippen molar-refractivity contribution in [2.75, 3.05) is 6.54 Å². The van der Waals surface area contributed by atoms with Crippen molar-refractivity contribution in [3.8, 4) is 0 Å². The van der Waals surface area contributed by atoms with E-state index in [-0.39, 0.29) is 29.9 Å². The van der Waals surface area contributed by atoms with Gasteiger partial charge < -0.3 is 0 Å². The lowest BCUT2D eigenvalue weighted by molar-refractivity contribution is -0.126. The fourth-order valence-corrected chi connectivity index (χ4v) is 4.20. The number of hydrogen-bond donors (Lipinski definition) is 0. The molecule has 23 heavy (non-hydrogen) atoms. The molecular formula is C18H19ClFNOS. The van der Waals surface area contributed by atoms with Gasteiger partial charge in [0.15, 0.2) is 5.78 Å². The number of ketones is 1. The van der Waals surface area contributed by atoms with Crippen molar-refractivity contribution >= 4 is 29.5 Å². The lowest BCUT2D eigenvalue weighted by Crippen LogP contribution is -2.38. The molecule has 1 aliphatic heterocycles. The maximum atomic E-state index is 14.3.